The normalized spacial score (nSPS) is 29.2. The molecule has 1 aliphatic heterocycles. The van der Waals surface area contributed by atoms with Crippen LogP contribution in [0.15, 0.2) is 29.6 Å². The largest absolute Gasteiger partial charge is 0.304 e. The van der Waals surface area contributed by atoms with Crippen LogP contribution in [0.4, 0.5) is 0 Å². The molecule has 2 aliphatic rings. The molecule has 0 amide bonds. The van der Waals surface area contributed by atoms with E-state index in [1.165, 1.54) is 37.5 Å². The second-order valence-corrected chi connectivity index (χ2v) is 7.37. The predicted molar refractivity (Wildman–Crippen MR) is 88.1 cm³/mol. The summed E-state index contributed by atoms with van der Waals surface area (Å²) in [5.74, 6) is 1.10. The third-order valence-electron chi connectivity index (χ3n) is 5.21. The lowest BCUT2D eigenvalue weighted by Crippen LogP contribution is -2.52. The number of nitrogens with one attached hydrogen (secondary N) is 1. The maximum absolute atomic E-state index is 12.9. The van der Waals surface area contributed by atoms with Gasteiger partial charge in [0.15, 0.2) is 5.78 Å². The second kappa shape index (κ2) is 5.54. The first-order valence-corrected chi connectivity index (χ1v) is 8.97. The number of Topliss-reactive ketones (excluding diaryl/α,β-unsaturated/α-hetero) is 1. The van der Waals surface area contributed by atoms with Crippen LogP contribution < -0.4 is 5.32 Å². The van der Waals surface area contributed by atoms with Crippen LogP contribution in [0.25, 0.3) is 10.1 Å². The summed E-state index contributed by atoms with van der Waals surface area (Å²) in [6.45, 7) is 0. The smallest absolute Gasteiger partial charge is 0.181 e. The van der Waals surface area contributed by atoms with E-state index in [9.17, 15) is 4.79 Å². The van der Waals surface area contributed by atoms with Crippen LogP contribution in [-0.2, 0) is 0 Å². The van der Waals surface area contributed by atoms with Gasteiger partial charge in [0.1, 0.15) is 0 Å². The lowest BCUT2D eigenvalue weighted by atomic mass is 9.77. The van der Waals surface area contributed by atoms with Crippen LogP contribution in [0.3, 0.4) is 0 Å². The summed E-state index contributed by atoms with van der Waals surface area (Å²) >= 11 is 1.68. The van der Waals surface area contributed by atoms with E-state index in [1.807, 2.05) is 12.1 Å². The van der Waals surface area contributed by atoms with Gasteiger partial charge in [-0.25, -0.2) is 0 Å². The Bertz CT molecular complexity index is 662. The Kier molecular flexibility index (Phi) is 3.56. The average molecular weight is 299 g/mol. The Balaban J connectivity index is 1.59. The van der Waals surface area contributed by atoms with E-state index < -0.39 is 0 Å². The van der Waals surface area contributed by atoms with Crippen LogP contribution in [-0.4, -0.2) is 17.9 Å². The zero-order chi connectivity index (χ0) is 14.2. The van der Waals surface area contributed by atoms with E-state index in [1.54, 1.807) is 11.3 Å². The summed E-state index contributed by atoms with van der Waals surface area (Å²) in [5.41, 5.74) is 0.911. The van der Waals surface area contributed by atoms with Gasteiger partial charge in [0.2, 0.25) is 0 Å². The van der Waals surface area contributed by atoms with Crippen LogP contribution in [0, 0.1) is 5.92 Å². The predicted octanol–water partition coefficient (Wildman–Crippen LogP) is 4.39. The molecule has 0 radical (unpaired) electrons. The fourth-order valence-electron chi connectivity index (χ4n) is 4.08. The number of rotatable bonds is 2. The van der Waals surface area contributed by atoms with E-state index in [2.05, 4.69) is 22.8 Å². The highest BCUT2D eigenvalue weighted by Crippen LogP contribution is 2.34. The zero-order valence-corrected chi connectivity index (χ0v) is 13.0. The number of ketones is 1. The molecule has 4 rings (SSSR count). The summed E-state index contributed by atoms with van der Waals surface area (Å²) in [6.07, 6.45) is 7.50. The molecular formula is C18H21NOS. The van der Waals surface area contributed by atoms with Crippen molar-refractivity contribution in [3.8, 4) is 0 Å². The molecule has 0 bridgehead atoms. The molecule has 1 aliphatic carbocycles. The van der Waals surface area contributed by atoms with Gasteiger partial charge in [-0.05, 0) is 54.5 Å². The second-order valence-electron chi connectivity index (χ2n) is 6.46. The van der Waals surface area contributed by atoms with E-state index in [-0.39, 0.29) is 6.04 Å². The Hall–Kier alpha value is -1.19. The van der Waals surface area contributed by atoms with Gasteiger partial charge < -0.3 is 5.32 Å². The van der Waals surface area contributed by atoms with Crippen molar-refractivity contribution in [2.45, 2.75) is 50.6 Å². The summed E-state index contributed by atoms with van der Waals surface area (Å²) in [4.78, 5) is 12.9. The Morgan fingerprint density at radius 2 is 2.00 bits per heavy atom. The maximum atomic E-state index is 12.9. The maximum Gasteiger partial charge on any atom is 0.181 e. The molecule has 2 heterocycles. The Morgan fingerprint density at radius 3 is 2.95 bits per heavy atom. The molecule has 1 saturated carbocycles. The Labute approximate surface area is 129 Å². The summed E-state index contributed by atoms with van der Waals surface area (Å²) in [5, 5.41) is 6.93. The van der Waals surface area contributed by atoms with Gasteiger partial charge in [0.25, 0.3) is 0 Å². The van der Waals surface area contributed by atoms with Gasteiger partial charge in [-0.1, -0.05) is 25.0 Å². The summed E-state index contributed by atoms with van der Waals surface area (Å²) in [6, 6.07) is 8.79. The molecule has 3 atom stereocenters. The number of piperidine rings is 1. The number of thiophene rings is 1. The lowest BCUT2D eigenvalue weighted by molar-refractivity contribution is 0.0863. The highest BCUT2D eigenvalue weighted by Gasteiger charge is 2.35. The van der Waals surface area contributed by atoms with E-state index in [0.29, 0.717) is 11.8 Å². The molecule has 1 aromatic heterocycles. The number of carbonyl (C=O) groups is 1. The highest BCUT2D eigenvalue weighted by molar-refractivity contribution is 7.17. The summed E-state index contributed by atoms with van der Waals surface area (Å²) < 4.78 is 1.15. The van der Waals surface area contributed by atoms with Gasteiger partial charge in [0, 0.05) is 16.3 Å². The number of carbonyl (C=O) groups excluding carboxylic acids is 1. The third-order valence-corrected chi connectivity index (χ3v) is 6.17. The van der Waals surface area contributed by atoms with Crippen molar-refractivity contribution < 1.29 is 4.79 Å². The SMILES string of the molecule is O=C(c1cccc2ccsc12)C1CCC2CCCCC2N1. The van der Waals surface area contributed by atoms with Crippen LogP contribution in [0.2, 0.25) is 0 Å². The van der Waals surface area contributed by atoms with Crippen LogP contribution in [0.5, 0.6) is 0 Å². The fraction of sp³-hybridized carbons (Fsp3) is 0.500. The van der Waals surface area contributed by atoms with Gasteiger partial charge in [-0.3, -0.25) is 4.79 Å². The van der Waals surface area contributed by atoms with Crippen molar-refractivity contribution in [3.63, 3.8) is 0 Å². The molecule has 110 valence electrons. The highest BCUT2D eigenvalue weighted by atomic mass is 32.1. The molecule has 1 aromatic carbocycles. The first-order chi connectivity index (χ1) is 10.3. The van der Waals surface area contributed by atoms with Crippen molar-refractivity contribution in [2.24, 2.45) is 5.92 Å². The topological polar surface area (TPSA) is 29.1 Å². The van der Waals surface area contributed by atoms with E-state index in [0.717, 1.165) is 22.6 Å². The molecule has 21 heavy (non-hydrogen) atoms. The monoisotopic (exact) mass is 299 g/mol. The molecule has 2 fully saturated rings. The summed E-state index contributed by atoms with van der Waals surface area (Å²) in [7, 11) is 0. The van der Waals surface area contributed by atoms with Gasteiger partial charge in [-0.15, -0.1) is 11.3 Å². The van der Waals surface area contributed by atoms with E-state index >= 15 is 0 Å². The fourth-order valence-corrected chi connectivity index (χ4v) is 5.00. The van der Waals surface area contributed by atoms with Crippen LogP contribution >= 0.6 is 11.3 Å². The molecule has 3 unspecified atom stereocenters. The number of hydrogen-bond acceptors (Lipinski definition) is 3. The number of fused-ring (bicyclic) bond motifs is 2. The minimum atomic E-state index is 0.0250. The van der Waals surface area contributed by atoms with Crippen molar-refractivity contribution >= 4 is 27.2 Å². The van der Waals surface area contributed by atoms with Gasteiger partial charge in [-0.2, -0.15) is 0 Å². The van der Waals surface area contributed by atoms with Crippen molar-refractivity contribution in [2.75, 3.05) is 0 Å². The molecule has 1 N–H and O–H groups in total. The number of benzene rings is 1. The molecule has 3 heteroatoms. The van der Waals surface area contributed by atoms with E-state index in [4.69, 9.17) is 0 Å². The minimum absolute atomic E-state index is 0.0250. The van der Waals surface area contributed by atoms with Crippen molar-refractivity contribution in [3.05, 3.63) is 35.2 Å². The quantitative estimate of drug-likeness (QED) is 0.833. The van der Waals surface area contributed by atoms with Crippen molar-refractivity contribution in [1.82, 2.24) is 5.32 Å². The molecule has 0 spiro atoms. The zero-order valence-electron chi connectivity index (χ0n) is 12.2. The van der Waals surface area contributed by atoms with Crippen LogP contribution in [0.1, 0.15) is 48.9 Å². The molecule has 2 aromatic rings. The molecular weight excluding hydrogens is 278 g/mol. The third kappa shape index (κ3) is 2.43. The lowest BCUT2D eigenvalue weighted by Gasteiger charge is -2.40. The van der Waals surface area contributed by atoms with Gasteiger partial charge in [0.05, 0.1) is 6.04 Å². The average Bonchev–Trinajstić information content (AvgIpc) is 3.02. The first-order valence-electron chi connectivity index (χ1n) is 8.09. The minimum Gasteiger partial charge on any atom is -0.304 e. The standard InChI is InChI=1S/C18H21NOS/c20-17(14-6-3-5-13-10-11-21-18(13)14)16-9-8-12-4-1-2-7-15(12)19-16/h3,5-6,10-12,15-16,19H,1-2,4,7-9H2. The molecule has 1 saturated heterocycles. The number of hydrogen-bond donors (Lipinski definition) is 1. The van der Waals surface area contributed by atoms with Gasteiger partial charge >= 0.3 is 0 Å². The Morgan fingerprint density at radius 1 is 1.10 bits per heavy atom. The first kappa shape index (κ1) is 13.5. The molecule has 2 nitrogen and oxygen atoms in total. The van der Waals surface area contributed by atoms with Crippen molar-refractivity contribution in [1.29, 1.82) is 0 Å².